The van der Waals surface area contributed by atoms with Gasteiger partial charge in [0.05, 0.1) is 22.0 Å². The van der Waals surface area contributed by atoms with Crippen molar-refractivity contribution in [3.05, 3.63) is 81.6 Å². The van der Waals surface area contributed by atoms with Gasteiger partial charge in [-0.1, -0.05) is 29.1 Å². The molecular formula is C26H18Cl2N4O3. The standard InChI is InChI=1S/C26H18Cl2N4O3/c1-26(2,3)35-25(33)32-24-20(5-4-10-30-24)22(31-32)9-7-16-6-8-21(28)23(13-16)34-19-12-17(15-29)11-18(27)14-19/h4-6,8,10-14H,1-3H3. The van der Waals surface area contributed by atoms with Gasteiger partial charge < -0.3 is 9.47 Å². The zero-order valence-corrected chi connectivity index (χ0v) is 20.5. The maximum Gasteiger partial charge on any atom is 0.437 e. The van der Waals surface area contributed by atoms with Crippen molar-refractivity contribution in [2.45, 2.75) is 26.4 Å². The maximum absolute atomic E-state index is 12.6. The van der Waals surface area contributed by atoms with Gasteiger partial charge >= 0.3 is 6.09 Å². The van der Waals surface area contributed by atoms with E-state index in [4.69, 9.17) is 37.9 Å². The number of fused-ring (bicyclic) bond motifs is 1. The number of halogens is 2. The molecule has 0 atom stereocenters. The Morgan fingerprint density at radius 3 is 2.60 bits per heavy atom. The second-order valence-corrected chi connectivity index (χ2v) is 9.24. The van der Waals surface area contributed by atoms with E-state index in [-0.39, 0.29) is 0 Å². The van der Waals surface area contributed by atoms with Crippen molar-refractivity contribution in [1.29, 1.82) is 5.26 Å². The van der Waals surface area contributed by atoms with Crippen LogP contribution in [0, 0.1) is 23.2 Å². The Labute approximate surface area is 211 Å². The van der Waals surface area contributed by atoms with Crippen molar-refractivity contribution >= 4 is 40.3 Å². The number of nitrogens with zero attached hydrogens (tertiary/aromatic N) is 4. The molecule has 4 rings (SSSR count). The molecule has 2 heterocycles. The summed E-state index contributed by atoms with van der Waals surface area (Å²) >= 11 is 12.4. The summed E-state index contributed by atoms with van der Waals surface area (Å²) in [5.74, 6) is 6.72. The van der Waals surface area contributed by atoms with Crippen LogP contribution in [0.1, 0.15) is 37.6 Å². The highest BCUT2D eigenvalue weighted by atomic mass is 35.5. The van der Waals surface area contributed by atoms with Crippen LogP contribution in [0.2, 0.25) is 10.0 Å². The molecule has 0 fully saturated rings. The van der Waals surface area contributed by atoms with E-state index < -0.39 is 11.7 Å². The Bertz CT molecular complexity index is 1550. The van der Waals surface area contributed by atoms with Crippen LogP contribution in [0.5, 0.6) is 11.5 Å². The third-order valence-corrected chi connectivity index (χ3v) is 5.02. The van der Waals surface area contributed by atoms with E-state index in [1.807, 2.05) is 6.07 Å². The van der Waals surface area contributed by atoms with E-state index in [2.05, 4.69) is 21.9 Å². The molecule has 0 spiro atoms. The summed E-state index contributed by atoms with van der Waals surface area (Å²) in [5.41, 5.74) is 0.980. The first-order valence-electron chi connectivity index (χ1n) is 10.4. The van der Waals surface area contributed by atoms with Crippen LogP contribution in [0.3, 0.4) is 0 Å². The fourth-order valence-corrected chi connectivity index (χ4v) is 3.46. The minimum atomic E-state index is -0.688. The van der Waals surface area contributed by atoms with Crippen LogP contribution >= 0.6 is 23.2 Å². The summed E-state index contributed by atoms with van der Waals surface area (Å²) < 4.78 is 12.4. The van der Waals surface area contributed by atoms with Crippen molar-refractivity contribution in [2.24, 2.45) is 0 Å². The van der Waals surface area contributed by atoms with E-state index in [1.165, 1.54) is 6.07 Å². The van der Waals surface area contributed by atoms with E-state index in [1.54, 1.807) is 69.4 Å². The van der Waals surface area contributed by atoms with Gasteiger partial charge in [0.2, 0.25) is 0 Å². The van der Waals surface area contributed by atoms with Crippen molar-refractivity contribution in [3.63, 3.8) is 0 Å². The molecule has 2 aromatic carbocycles. The van der Waals surface area contributed by atoms with E-state index >= 15 is 0 Å². The average molecular weight is 505 g/mol. The second kappa shape index (κ2) is 9.68. The van der Waals surface area contributed by atoms with E-state index in [9.17, 15) is 4.79 Å². The smallest absolute Gasteiger partial charge is 0.437 e. The monoisotopic (exact) mass is 504 g/mol. The van der Waals surface area contributed by atoms with Crippen LogP contribution in [-0.2, 0) is 4.74 Å². The topological polar surface area (TPSA) is 90.0 Å². The number of rotatable bonds is 2. The van der Waals surface area contributed by atoms with Gasteiger partial charge in [-0.05, 0) is 75.2 Å². The number of hydrogen-bond acceptors (Lipinski definition) is 6. The molecule has 0 aliphatic rings. The number of ether oxygens (including phenoxy) is 2. The number of nitriles is 1. The molecule has 174 valence electrons. The Morgan fingerprint density at radius 1 is 1.06 bits per heavy atom. The summed E-state index contributed by atoms with van der Waals surface area (Å²) in [5, 5.41) is 14.8. The Hall–Kier alpha value is -4.04. The highest BCUT2D eigenvalue weighted by Gasteiger charge is 2.22. The molecule has 2 aromatic heterocycles. The maximum atomic E-state index is 12.6. The molecular weight excluding hydrogens is 487 g/mol. The lowest BCUT2D eigenvalue weighted by atomic mass is 10.2. The first kappa shape index (κ1) is 24.1. The predicted molar refractivity (Wildman–Crippen MR) is 133 cm³/mol. The lowest BCUT2D eigenvalue weighted by molar-refractivity contribution is 0.0521. The lowest BCUT2D eigenvalue weighted by Crippen LogP contribution is -2.27. The fourth-order valence-electron chi connectivity index (χ4n) is 3.08. The zero-order valence-electron chi connectivity index (χ0n) is 19.0. The summed E-state index contributed by atoms with van der Waals surface area (Å²) in [6.45, 7) is 5.32. The molecule has 4 aromatic rings. The largest absolute Gasteiger partial charge is 0.456 e. The molecule has 0 unspecified atom stereocenters. The Kier molecular flexibility index (Phi) is 6.66. The first-order chi connectivity index (χ1) is 16.6. The van der Waals surface area contributed by atoms with Crippen molar-refractivity contribution in [1.82, 2.24) is 14.8 Å². The number of hydrogen-bond donors (Lipinski definition) is 0. The van der Waals surface area contributed by atoms with Gasteiger partial charge in [-0.15, -0.1) is 4.68 Å². The lowest BCUT2D eigenvalue weighted by Gasteiger charge is -2.18. The molecule has 0 aliphatic carbocycles. The van der Waals surface area contributed by atoms with Crippen LogP contribution in [0.15, 0.2) is 54.7 Å². The van der Waals surface area contributed by atoms with Crippen LogP contribution in [-0.4, -0.2) is 26.5 Å². The van der Waals surface area contributed by atoms with Crippen molar-refractivity contribution in [3.8, 4) is 29.4 Å². The molecule has 0 aliphatic heterocycles. The van der Waals surface area contributed by atoms with Gasteiger partial charge in [-0.25, -0.2) is 9.78 Å². The molecule has 7 nitrogen and oxygen atoms in total. The minimum Gasteiger partial charge on any atom is -0.456 e. The summed E-state index contributed by atoms with van der Waals surface area (Å²) in [6, 6.07) is 15.3. The Balaban J connectivity index is 1.67. The highest BCUT2D eigenvalue weighted by Crippen LogP contribution is 2.32. The molecule has 0 radical (unpaired) electrons. The van der Waals surface area contributed by atoms with Crippen LogP contribution in [0.25, 0.3) is 11.0 Å². The van der Waals surface area contributed by atoms with Gasteiger partial charge in [0.15, 0.2) is 5.65 Å². The first-order valence-corrected chi connectivity index (χ1v) is 11.2. The molecule has 0 amide bonds. The zero-order chi connectivity index (χ0) is 25.2. The Morgan fingerprint density at radius 2 is 1.86 bits per heavy atom. The summed E-state index contributed by atoms with van der Waals surface area (Å²) in [4.78, 5) is 16.9. The van der Waals surface area contributed by atoms with E-state index in [0.717, 1.165) is 4.68 Å². The van der Waals surface area contributed by atoms with Gasteiger partial charge in [0.25, 0.3) is 0 Å². The number of carbonyl (C=O) groups excluding carboxylic acids is 1. The number of pyridine rings is 1. The van der Waals surface area contributed by atoms with Gasteiger partial charge in [0, 0.05) is 16.8 Å². The molecule has 0 saturated heterocycles. The SMILES string of the molecule is CC(C)(C)OC(=O)n1nc(C#Cc2ccc(Cl)c(Oc3cc(Cl)cc(C#N)c3)c2)c2cccnc21. The van der Waals surface area contributed by atoms with Crippen LogP contribution < -0.4 is 4.74 Å². The third-order valence-electron chi connectivity index (χ3n) is 4.49. The normalized spacial score (nSPS) is 10.9. The molecule has 9 heteroatoms. The quantitative estimate of drug-likeness (QED) is 0.286. The summed E-state index contributed by atoms with van der Waals surface area (Å²) in [6.07, 6.45) is 0.924. The van der Waals surface area contributed by atoms with Gasteiger partial charge in [-0.3, -0.25) is 0 Å². The van der Waals surface area contributed by atoms with Gasteiger partial charge in [0.1, 0.15) is 22.8 Å². The third kappa shape index (κ3) is 5.73. The molecule has 0 bridgehead atoms. The molecule has 35 heavy (non-hydrogen) atoms. The molecule has 0 saturated carbocycles. The predicted octanol–water partition coefficient (Wildman–Crippen LogP) is 6.59. The number of carbonyl (C=O) groups is 1. The number of benzene rings is 2. The summed E-state index contributed by atoms with van der Waals surface area (Å²) in [7, 11) is 0. The number of aromatic nitrogens is 3. The fraction of sp³-hybridized carbons (Fsp3) is 0.154. The van der Waals surface area contributed by atoms with Gasteiger partial charge in [-0.2, -0.15) is 10.4 Å². The average Bonchev–Trinajstić information content (AvgIpc) is 3.17. The van der Waals surface area contributed by atoms with Crippen molar-refractivity contribution < 1.29 is 14.3 Å². The second-order valence-electron chi connectivity index (χ2n) is 8.40. The van der Waals surface area contributed by atoms with E-state index in [0.29, 0.717) is 49.4 Å². The molecule has 0 N–H and O–H groups in total. The van der Waals surface area contributed by atoms with Crippen LogP contribution in [0.4, 0.5) is 4.79 Å². The highest BCUT2D eigenvalue weighted by molar-refractivity contribution is 6.32. The van der Waals surface area contributed by atoms with Crippen molar-refractivity contribution in [2.75, 3.05) is 0 Å². The minimum absolute atomic E-state index is 0.343.